The second-order valence-electron chi connectivity index (χ2n) is 6.89. The minimum absolute atomic E-state index is 0.304. The van der Waals surface area contributed by atoms with Crippen molar-refractivity contribution in [2.24, 2.45) is 4.99 Å². The van der Waals surface area contributed by atoms with E-state index in [2.05, 4.69) is 25.5 Å². The fraction of sp³-hybridized carbons (Fsp3) is 0.381. The summed E-state index contributed by atoms with van der Waals surface area (Å²) in [7, 11) is 1.70. The van der Waals surface area contributed by atoms with Crippen molar-refractivity contribution in [3.63, 3.8) is 0 Å². The maximum absolute atomic E-state index is 14.0. The van der Waals surface area contributed by atoms with Gasteiger partial charge in [0.05, 0.1) is 11.6 Å². The van der Waals surface area contributed by atoms with Gasteiger partial charge in [0.15, 0.2) is 5.96 Å². The van der Waals surface area contributed by atoms with E-state index in [1.807, 2.05) is 31.2 Å². The highest BCUT2D eigenvalue weighted by Gasteiger charge is 2.21. The summed E-state index contributed by atoms with van der Waals surface area (Å²) in [5, 5.41) is 15.4. The van der Waals surface area contributed by atoms with E-state index in [0.717, 1.165) is 37.4 Å². The van der Waals surface area contributed by atoms with Gasteiger partial charge in [-0.2, -0.15) is 5.26 Å². The molecule has 1 saturated heterocycles. The molecule has 2 heterocycles. The normalized spacial score (nSPS) is 15.2. The number of pyridine rings is 1. The van der Waals surface area contributed by atoms with Crippen molar-refractivity contribution in [2.75, 3.05) is 25.0 Å². The highest BCUT2D eigenvalue weighted by atomic mass is 19.1. The van der Waals surface area contributed by atoms with Crippen LogP contribution in [0.25, 0.3) is 0 Å². The third-order valence-electron chi connectivity index (χ3n) is 4.89. The topological polar surface area (TPSA) is 76.3 Å². The molecule has 0 bridgehead atoms. The molecule has 7 heteroatoms. The van der Waals surface area contributed by atoms with Gasteiger partial charge in [0.1, 0.15) is 11.6 Å². The van der Waals surface area contributed by atoms with E-state index >= 15 is 0 Å². The van der Waals surface area contributed by atoms with Gasteiger partial charge in [0.2, 0.25) is 0 Å². The number of rotatable bonds is 4. The predicted molar refractivity (Wildman–Crippen MR) is 109 cm³/mol. The van der Waals surface area contributed by atoms with Crippen molar-refractivity contribution in [3.05, 3.63) is 59.0 Å². The van der Waals surface area contributed by atoms with Gasteiger partial charge in [-0.3, -0.25) is 4.99 Å². The number of guanidine groups is 1. The van der Waals surface area contributed by atoms with Crippen LogP contribution in [0.2, 0.25) is 0 Å². The van der Waals surface area contributed by atoms with E-state index in [0.29, 0.717) is 29.7 Å². The van der Waals surface area contributed by atoms with Crippen molar-refractivity contribution in [3.8, 4) is 6.07 Å². The van der Waals surface area contributed by atoms with Crippen molar-refractivity contribution < 1.29 is 4.39 Å². The summed E-state index contributed by atoms with van der Waals surface area (Å²) in [6.45, 7) is 4.16. The standard InChI is InChI=1S/C21H25FN6/c1-15-4-3-5-20(26-15)28-10-8-18(9-11-28)27-21(24-2)25-14-17-7-6-16(13-23)12-19(17)22/h3-7,12,18H,8-11,14H2,1-2H3,(H2,24,25,27). The monoisotopic (exact) mass is 380 g/mol. The summed E-state index contributed by atoms with van der Waals surface area (Å²) >= 11 is 0. The summed E-state index contributed by atoms with van der Waals surface area (Å²) in [6.07, 6.45) is 1.95. The average Bonchev–Trinajstić information content (AvgIpc) is 2.72. The van der Waals surface area contributed by atoms with Gasteiger partial charge in [-0.05, 0) is 44.0 Å². The molecular weight excluding hydrogens is 355 g/mol. The lowest BCUT2D eigenvalue weighted by atomic mass is 10.1. The van der Waals surface area contributed by atoms with Gasteiger partial charge in [0.25, 0.3) is 0 Å². The second kappa shape index (κ2) is 9.18. The number of nitrogens with zero attached hydrogens (tertiary/aromatic N) is 4. The number of anilines is 1. The Kier molecular flexibility index (Phi) is 6.43. The molecule has 6 nitrogen and oxygen atoms in total. The van der Waals surface area contributed by atoms with E-state index in [1.165, 1.54) is 6.07 Å². The largest absolute Gasteiger partial charge is 0.356 e. The van der Waals surface area contributed by atoms with Crippen molar-refractivity contribution >= 4 is 11.8 Å². The first-order valence-corrected chi connectivity index (χ1v) is 9.43. The number of benzene rings is 1. The summed E-state index contributed by atoms with van der Waals surface area (Å²) < 4.78 is 14.0. The number of hydrogen-bond donors (Lipinski definition) is 2. The molecule has 1 aliphatic heterocycles. The molecule has 3 rings (SSSR count). The zero-order chi connectivity index (χ0) is 19.9. The zero-order valence-corrected chi connectivity index (χ0v) is 16.2. The SMILES string of the molecule is CN=C(NCc1ccc(C#N)cc1F)NC1CCN(c2cccc(C)n2)CC1. The van der Waals surface area contributed by atoms with Crippen LogP contribution in [-0.2, 0) is 6.54 Å². The predicted octanol–water partition coefficient (Wildman–Crippen LogP) is 2.73. The summed E-state index contributed by atoms with van der Waals surface area (Å²) in [5.74, 6) is 1.29. The number of aromatic nitrogens is 1. The minimum atomic E-state index is -0.388. The fourth-order valence-corrected chi connectivity index (χ4v) is 3.28. The van der Waals surface area contributed by atoms with Crippen molar-refractivity contribution in [1.82, 2.24) is 15.6 Å². The second-order valence-corrected chi connectivity index (χ2v) is 6.89. The molecule has 146 valence electrons. The minimum Gasteiger partial charge on any atom is -0.356 e. The third-order valence-corrected chi connectivity index (χ3v) is 4.89. The zero-order valence-electron chi connectivity index (χ0n) is 16.2. The van der Waals surface area contributed by atoms with Gasteiger partial charge in [-0.15, -0.1) is 0 Å². The number of halogens is 1. The Morgan fingerprint density at radius 2 is 2.11 bits per heavy atom. The first-order chi connectivity index (χ1) is 13.6. The molecule has 0 spiro atoms. The molecular formula is C21H25FN6. The van der Waals surface area contributed by atoms with Crippen molar-refractivity contribution in [2.45, 2.75) is 32.4 Å². The van der Waals surface area contributed by atoms with Crippen LogP contribution in [0.1, 0.15) is 29.7 Å². The van der Waals surface area contributed by atoms with Crippen LogP contribution in [0, 0.1) is 24.1 Å². The molecule has 1 aromatic carbocycles. The molecule has 0 saturated carbocycles. The van der Waals surface area contributed by atoms with Crippen LogP contribution >= 0.6 is 0 Å². The van der Waals surface area contributed by atoms with Gasteiger partial charge in [-0.1, -0.05) is 12.1 Å². The van der Waals surface area contributed by atoms with Crippen LogP contribution < -0.4 is 15.5 Å². The number of aliphatic imine (C=N–C) groups is 1. The molecule has 0 amide bonds. The molecule has 0 radical (unpaired) electrons. The first kappa shape index (κ1) is 19.6. The Bertz CT molecular complexity index is 881. The molecule has 2 aromatic rings. The number of aryl methyl sites for hydroxylation is 1. The third kappa shape index (κ3) is 4.97. The van der Waals surface area contributed by atoms with E-state index in [-0.39, 0.29) is 5.82 Å². The smallest absolute Gasteiger partial charge is 0.191 e. The van der Waals surface area contributed by atoms with E-state index in [4.69, 9.17) is 5.26 Å². The van der Waals surface area contributed by atoms with Crippen LogP contribution in [0.15, 0.2) is 41.4 Å². The van der Waals surface area contributed by atoms with Gasteiger partial charge in [0, 0.05) is 44.0 Å². The van der Waals surface area contributed by atoms with Crippen LogP contribution in [0.4, 0.5) is 10.2 Å². The van der Waals surface area contributed by atoms with Gasteiger partial charge in [-0.25, -0.2) is 9.37 Å². The Hall–Kier alpha value is -3.14. The summed E-state index contributed by atoms with van der Waals surface area (Å²) in [4.78, 5) is 11.1. The average molecular weight is 380 g/mol. The summed E-state index contributed by atoms with van der Waals surface area (Å²) in [5.41, 5.74) is 1.85. The van der Waals surface area contributed by atoms with E-state index in [9.17, 15) is 4.39 Å². The quantitative estimate of drug-likeness (QED) is 0.630. The highest BCUT2D eigenvalue weighted by Crippen LogP contribution is 2.18. The number of nitriles is 1. The number of hydrogen-bond acceptors (Lipinski definition) is 4. The van der Waals surface area contributed by atoms with Crippen LogP contribution in [0.5, 0.6) is 0 Å². The molecule has 1 aliphatic rings. The van der Waals surface area contributed by atoms with Gasteiger partial charge >= 0.3 is 0 Å². The molecule has 0 aliphatic carbocycles. The lowest BCUT2D eigenvalue weighted by Gasteiger charge is -2.34. The molecule has 1 fully saturated rings. The molecule has 1 aromatic heterocycles. The maximum Gasteiger partial charge on any atom is 0.191 e. The molecule has 2 N–H and O–H groups in total. The number of nitrogens with one attached hydrogen (secondary N) is 2. The fourth-order valence-electron chi connectivity index (χ4n) is 3.28. The Morgan fingerprint density at radius 1 is 1.32 bits per heavy atom. The first-order valence-electron chi connectivity index (χ1n) is 9.43. The van der Waals surface area contributed by atoms with Crippen molar-refractivity contribution in [1.29, 1.82) is 5.26 Å². The van der Waals surface area contributed by atoms with Crippen LogP contribution in [0.3, 0.4) is 0 Å². The van der Waals surface area contributed by atoms with E-state index < -0.39 is 0 Å². The Morgan fingerprint density at radius 3 is 2.75 bits per heavy atom. The Balaban J connectivity index is 1.50. The highest BCUT2D eigenvalue weighted by molar-refractivity contribution is 5.80. The molecule has 28 heavy (non-hydrogen) atoms. The lowest BCUT2D eigenvalue weighted by Crippen LogP contribution is -2.48. The van der Waals surface area contributed by atoms with Gasteiger partial charge < -0.3 is 15.5 Å². The lowest BCUT2D eigenvalue weighted by molar-refractivity contribution is 0.459. The van der Waals surface area contributed by atoms with Crippen LogP contribution in [-0.4, -0.2) is 37.1 Å². The maximum atomic E-state index is 14.0. The van der Waals surface area contributed by atoms with E-state index in [1.54, 1.807) is 19.2 Å². The molecule has 0 atom stereocenters. The number of piperidine rings is 1. The molecule has 0 unspecified atom stereocenters. The summed E-state index contributed by atoms with van der Waals surface area (Å²) in [6, 6.07) is 12.8. The Labute approximate surface area is 165 Å².